The Balaban J connectivity index is 0. The summed E-state index contributed by atoms with van der Waals surface area (Å²) in [6.45, 7) is 2.72. The van der Waals surface area contributed by atoms with Gasteiger partial charge in [0.15, 0.2) is 0 Å². The molecule has 7 heteroatoms. The van der Waals surface area contributed by atoms with Gasteiger partial charge in [-0.1, -0.05) is 90.4 Å². The van der Waals surface area contributed by atoms with Gasteiger partial charge < -0.3 is 15.0 Å². The molecule has 26 heavy (non-hydrogen) atoms. The molecule has 0 radical (unpaired) electrons. The minimum Gasteiger partial charge on any atom is -0.748 e. The van der Waals surface area contributed by atoms with E-state index in [0.29, 0.717) is 6.54 Å². The molecule has 0 spiro atoms. The Labute approximate surface area is 204 Å². The SMILES string of the molecule is CCCCCCCCCCCCCCCC(O)CNCCS(=O)(=O)[O-].[K+]. The van der Waals surface area contributed by atoms with E-state index in [1.165, 1.54) is 70.6 Å². The van der Waals surface area contributed by atoms with E-state index in [4.69, 9.17) is 0 Å². The summed E-state index contributed by atoms with van der Waals surface area (Å²) in [6, 6.07) is 0. The minimum absolute atomic E-state index is 0. The van der Waals surface area contributed by atoms with Gasteiger partial charge in [-0.25, -0.2) is 8.42 Å². The van der Waals surface area contributed by atoms with Gasteiger partial charge in [0.25, 0.3) is 0 Å². The molecule has 1 atom stereocenters. The number of nitrogens with one attached hydrogen (secondary N) is 1. The summed E-state index contributed by atoms with van der Waals surface area (Å²) in [5.74, 6) is -0.418. The maximum absolute atomic E-state index is 10.4. The van der Waals surface area contributed by atoms with Crippen LogP contribution in [0.4, 0.5) is 0 Å². The van der Waals surface area contributed by atoms with Gasteiger partial charge in [0.2, 0.25) is 0 Å². The Hall–Kier alpha value is 1.47. The van der Waals surface area contributed by atoms with Crippen LogP contribution >= 0.6 is 0 Å². The summed E-state index contributed by atoms with van der Waals surface area (Å²) in [5.41, 5.74) is 0. The van der Waals surface area contributed by atoms with Crippen molar-refractivity contribution in [2.24, 2.45) is 0 Å². The molecule has 5 nitrogen and oxygen atoms in total. The van der Waals surface area contributed by atoms with Crippen molar-refractivity contribution >= 4 is 10.1 Å². The second-order valence-corrected chi connectivity index (χ2v) is 8.67. The van der Waals surface area contributed by atoms with Crippen molar-refractivity contribution in [1.29, 1.82) is 0 Å². The summed E-state index contributed by atoms with van der Waals surface area (Å²) in [5, 5.41) is 12.6. The molecule has 0 aromatic rings. The first-order chi connectivity index (χ1) is 12.0. The van der Waals surface area contributed by atoms with Crippen molar-refractivity contribution in [3.05, 3.63) is 0 Å². The number of hydrogen-bond acceptors (Lipinski definition) is 5. The van der Waals surface area contributed by atoms with Gasteiger partial charge in [-0.05, 0) is 6.42 Å². The van der Waals surface area contributed by atoms with E-state index in [-0.39, 0.29) is 57.9 Å². The van der Waals surface area contributed by atoms with Crippen molar-refractivity contribution in [3.63, 3.8) is 0 Å². The molecule has 2 N–H and O–H groups in total. The number of hydrogen-bond donors (Lipinski definition) is 2. The van der Waals surface area contributed by atoms with Crippen LogP contribution in [-0.2, 0) is 10.1 Å². The summed E-state index contributed by atoms with van der Waals surface area (Å²) >= 11 is 0. The topological polar surface area (TPSA) is 89.5 Å². The molecule has 0 saturated carbocycles. The Morgan fingerprint density at radius 1 is 0.846 bits per heavy atom. The van der Waals surface area contributed by atoms with Crippen LogP contribution in [0.25, 0.3) is 0 Å². The van der Waals surface area contributed by atoms with Crippen LogP contribution in [-0.4, -0.2) is 43.0 Å². The molecule has 0 fully saturated rings. The number of aliphatic hydroxyl groups excluding tert-OH is 1. The average molecular weight is 418 g/mol. The first-order valence-electron chi connectivity index (χ1n) is 10.3. The molecule has 0 saturated heterocycles. The van der Waals surface area contributed by atoms with Crippen LogP contribution in [0.2, 0.25) is 0 Å². The predicted molar refractivity (Wildman–Crippen MR) is 104 cm³/mol. The largest absolute Gasteiger partial charge is 1.00 e. The number of aliphatic hydroxyl groups is 1. The van der Waals surface area contributed by atoms with Crippen LogP contribution in [0.5, 0.6) is 0 Å². The van der Waals surface area contributed by atoms with Crippen LogP contribution in [0, 0.1) is 0 Å². The van der Waals surface area contributed by atoms with Crippen molar-refractivity contribution in [3.8, 4) is 0 Å². The molecule has 1 unspecified atom stereocenters. The van der Waals surface area contributed by atoms with E-state index >= 15 is 0 Å². The summed E-state index contributed by atoms with van der Waals surface area (Å²) in [7, 11) is -4.16. The van der Waals surface area contributed by atoms with Gasteiger partial charge in [-0.2, -0.15) is 0 Å². The second kappa shape index (κ2) is 21.2. The molecule has 0 aliphatic carbocycles. The maximum Gasteiger partial charge on any atom is 1.00 e. The third kappa shape index (κ3) is 25.5. The van der Waals surface area contributed by atoms with E-state index in [2.05, 4.69) is 12.2 Å². The molecule has 0 aromatic carbocycles. The summed E-state index contributed by atoms with van der Waals surface area (Å²) in [4.78, 5) is 0. The van der Waals surface area contributed by atoms with Gasteiger partial charge in [0, 0.05) is 13.1 Å². The zero-order valence-electron chi connectivity index (χ0n) is 17.2. The first kappa shape index (κ1) is 29.7. The summed E-state index contributed by atoms with van der Waals surface area (Å²) < 4.78 is 31.3. The van der Waals surface area contributed by atoms with Crippen molar-refractivity contribution < 1.29 is 69.5 Å². The molecule has 0 aromatic heterocycles. The van der Waals surface area contributed by atoms with Gasteiger partial charge in [-0.3, -0.25) is 0 Å². The molecule has 0 aliphatic rings. The zero-order valence-corrected chi connectivity index (χ0v) is 21.1. The summed E-state index contributed by atoms with van der Waals surface area (Å²) in [6.07, 6.45) is 17.3. The molecular formula is C19H40KNO4S. The van der Waals surface area contributed by atoms with Gasteiger partial charge in [0.05, 0.1) is 22.0 Å². The van der Waals surface area contributed by atoms with E-state index in [9.17, 15) is 18.1 Å². The Morgan fingerprint density at radius 3 is 1.69 bits per heavy atom. The molecule has 0 rings (SSSR count). The van der Waals surface area contributed by atoms with Crippen molar-refractivity contribution in [1.82, 2.24) is 5.32 Å². The fourth-order valence-electron chi connectivity index (χ4n) is 2.97. The van der Waals surface area contributed by atoms with Crippen LogP contribution in [0.1, 0.15) is 96.8 Å². The molecule has 0 amide bonds. The quantitative estimate of drug-likeness (QED) is 0.186. The molecular weight excluding hydrogens is 377 g/mol. The van der Waals surface area contributed by atoms with E-state index < -0.39 is 22.0 Å². The first-order valence-corrected chi connectivity index (χ1v) is 11.9. The van der Waals surface area contributed by atoms with Crippen molar-refractivity contribution in [2.45, 2.75) is 103 Å². The Morgan fingerprint density at radius 2 is 1.27 bits per heavy atom. The fourth-order valence-corrected chi connectivity index (χ4v) is 3.36. The van der Waals surface area contributed by atoms with E-state index in [1.807, 2.05) is 0 Å². The molecule has 0 bridgehead atoms. The van der Waals surface area contributed by atoms with Crippen LogP contribution in [0.3, 0.4) is 0 Å². The number of unbranched alkanes of at least 4 members (excludes halogenated alkanes) is 12. The van der Waals surface area contributed by atoms with Gasteiger partial charge in [0.1, 0.15) is 0 Å². The van der Waals surface area contributed by atoms with Crippen molar-refractivity contribution in [2.75, 3.05) is 18.8 Å². The standard InChI is InChI=1S/C19H41NO4S.K/c1-2-3-4-5-6-7-8-9-10-11-12-13-14-15-19(21)18-20-16-17-25(22,23)24;/h19-21H,2-18H2,1H3,(H,22,23,24);/q;+1/p-1. The third-order valence-electron chi connectivity index (χ3n) is 4.55. The van der Waals surface area contributed by atoms with Gasteiger partial charge in [-0.15, -0.1) is 0 Å². The predicted octanol–water partition coefficient (Wildman–Crippen LogP) is 0.967. The zero-order chi connectivity index (χ0) is 18.8. The molecule has 0 aliphatic heterocycles. The second-order valence-electron chi connectivity index (χ2n) is 7.15. The van der Waals surface area contributed by atoms with Crippen LogP contribution in [0.15, 0.2) is 0 Å². The van der Waals surface area contributed by atoms with E-state index in [1.54, 1.807) is 0 Å². The fraction of sp³-hybridized carbons (Fsp3) is 1.00. The number of rotatable bonds is 19. The average Bonchev–Trinajstić information content (AvgIpc) is 2.55. The Bertz CT molecular complexity index is 380. The minimum atomic E-state index is -4.16. The van der Waals surface area contributed by atoms with Crippen LogP contribution < -0.4 is 56.7 Å². The smallest absolute Gasteiger partial charge is 0.748 e. The molecule has 0 heterocycles. The normalized spacial score (nSPS) is 12.7. The van der Waals surface area contributed by atoms with E-state index in [0.717, 1.165) is 19.3 Å². The maximum atomic E-state index is 10.4. The third-order valence-corrected chi connectivity index (χ3v) is 5.25. The Kier molecular flexibility index (Phi) is 24.2. The molecule has 152 valence electrons. The monoisotopic (exact) mass is 417 g/mol. The van der Waals surface area contributed by atoms with Gasteiger partial charge >= 0.3 is 51.4 Å².